The van der Waals surface area contributed by atoms with E-state index in [4.69, 9.17) is 0 Å². The van der Waals surface area contributed by atoms with E-state index >= 15 is 0 Å². The average molecular weight is 282 g/mol. The van der Waals surface area contributed by atoms with Crippen molar-refractivity contribution in [3.8, 4) is 0 Å². The summed E-state index contributed by atoms with van der Waals surface area (Å²) in [5.41, 5.74) is 1.45. The molecule has 0 heterocycles. The average Bonchev–Trinajstić information content (AvgIpc) is 2.34. The summed E-state index contributed by atoms with van der Waals surface area (Å²) in [5.74, 6) is 0.709. The van der Waals surface area contributed by atoms with Gasteiger partial charge < -0.3 is 6.92 Å². The maximum Gasteiger partial charge on any atom is 0 e. The van der Waals surface area contributed by atoms with Crippen LogP contribution in [-0.2, 0) is 32.7 Å². The third kappa shape index (κ3) is 10.6. The molecule has 85 valence electrons. The molecule has 1 aromatic rings. The molecule has 0 aliphatic rings. The van der Waals surface area contributed by atoms with E-state index in [1.165, 1.54) is 12.0 Å². The standard InChI is InChI=1S/C10H14.C2H6.C2H5.Y/c1-3-9(2)10-7-5-4-6-8-10;2*1-2;/h4-9H,3H2,1-2H3;1-2H3;1H2,2H3;/q;;-1;. The van der Waals surface area contributed by atoms with Gasteiger partial charge in [-0.15, -0.1) is 0 Å². The molecule has 0 saturated carbocycles. The molecule has 1 unspecified atom stereocenters. The van der Waals surface area contributed by atoms with Gasteiger partial charge in [0.25, 0.3) is 0 Å². The zero-order valence-electron chi connectivity index (χ0n) is 11.0. The van der Waals surface area contributed by atoms with Gasteiger partial charge in [-0.2, -0.15) is 6.92 Å². The monoisotopic (exact) mass is 282 g/mol. The van der Waals surface area contributed by atoms with Crippen molar-refractivity contribution in [2.45, 2.75) is 47.0 Å². The first-order valence-electron chi connectivity index (χ1n) is 5.60. The van der Waals surface area contributed by atoms with Crippen LogP contribution in [0, 0.1) is 6.92 Å². The molecule has 0 amide bonds. The van der Waals surface area contributed by atoms with Crippen LogP contribution in [0.5, 0.6) is 0 Å². The minimum absolute atomic E-state index is 0. The Morgan fingerprint density at radius 1 is 1.07 bits per heavy atom. The summed E-state index contributed by atoms with van der Waals surface area (Å²) in [6.45, 7) is 13.5. The molecule has 0 aliphatic carbocycles. The van der Waals surface area contributed by atoms with Gasteiger partial charge in [-0.1, -0.05) is 58.0 Å². The van der Waals surface area contributed by atoms with Crippen molar-refractivity contribution in [1.29, 1.82) is 0 Å². The summed E-state index contributed by atoms with van der Waals surface area (Å²) in [6.07, 6.45) is 1.23. The molecular weight excluding hydrogens is 257 g/mol. The van der Waals surface area contributed by atoms with Crippen LogP contribution in [0.15, 0.2) is 30.3 Å². The second-order valence-corrected chi connectivity index (χ2v) is 2.72. The number of benzene rings is 1. The van der Waals surface area contributed by atoms with E-state index in [9.17, 15) is 0 Å². The summed E-state index contributed by atoms with van der Waals surface area (Å²) < 4.78 is 0. The zero-order chi connectivity index (χ0) is 11.4. The molecule has 0 fully saturated rings. The zero-order valence-corrected chi connectivity index (χ0v) is 13.8. The van der Waals surface area contributed by atoms with Gasteiger partial charge in [0.15, 0.2) is 0 Å². The van der Waals surface area contributed by atoms with E-state index < -0.39 is 0 Å². The van der Waals surface area contributed by atoms with E-state index in [0.717, 1.165) is 0 Å². The third-order valence-electron chi connectivity index (χ3n) is 1.98. The summed E-state index contributed by atoms with van der Waals surface area (Å²) in [7, 11) is 0. The van der Waals surface area contributed by atoms with E-state index in [1.807, 2.05) is 13.8 Å². The van der Waals surface area contributed by atoms with Gasteiger partial charge in [0.1, 0.15) is 0 Å². The van der Waals surface area contributed by atoms with Crippen molar-refractivity contribution < 1.29 is 32.7 Å². The molecule has 1 heteroatoms. The molecule has 1 atom stereocenters. The third-order valence-corrected chi connectivity index (χ3v) is 1.98. The van der Waals surface area contributed by atoms with Crippen LogP contribution >= 0.6 is 0 Å². The molecule has 0 saturated heterocycles. The largest absolute Gasteiger partial charge is 0.346 e. The first-order chi connectivity index (χ1) is 6.84. The fourth-order valence-electron chi connectivity index (χ4n) is 1.02. The van der Waals surface area contributed by atoms with Crippen LogP contribution in [0.4, 0.5) is 0 Å². The Morgan fingerprint density at radius 2 is 1.47 bits per heavy atom. The smallest absolute Gasteiger partial charge is 0 e. The molecular formula is C14H25Y-. The first-order valence-corrected chi connectivity index (χ1v) is 5.60. The Hall–Kier alpha value is 0.324. The van der Waals surface area contributed by atoms with Crippen molar-refractivity contribution in [1.82, 2.24) is 0 Å². The van der Waals surface area contributed by atoms with Gasteiger partial charge in [-0.05, 0) is 17.9 Å². The molecule has 0 aromatic heterocycles. The molecule has 1 rings (SSSR count). The number of hydrogen-bond donors (Lipinski definition) is 0. The Balaban J connectivity index is -0.000000258. The molecule has 0 aliphatic heterocycles. The quantitative estimate of drug-likeness (QED) is 0.665. The van der Waals surface area contributed by atoms with Gasteiger partial charge in [0, 0.05) is 32.7 Å². The molecule has 1 aromatic carbocycles. The van der Waals surface area contributed by atoms with Crippen LogP contribution in [0.2, 0.25) is 0 Å². The van der Waals surface area contributed by atoms with E-state index in [-0.39, 0.29) is 32.7 Å². The summed E-state index contributed by atoms with van der Waals surface area (Å²) in [6, 6.07) is 10.6. The van der Waals surface area contributed by atoms with Crippen LogP contribution in [0.1, 0.15) is 52.5 Å². The maximum atomic E-state index is 3.25. The van der Waals surface area contributed by atoms with Crippen LogP contribution in [0.3, 0.4) is 0 Å². The minimum Gasteiger partial charge on any atom is -0.346 e. The number of hydrogen-bond acceptors (Lipinski definition) is 0. The molecule has 0 bridgehead atoms. The Morgan fingerprint density at radius 3 is 1.80 bits per heavy atom. The fraction of sp³-hybridized carbons (Fsp3) is 0.500. The SMILES string of the molecule is CC.CCC(C)c1ccccc1.[CH2-]C.[Y]. The predicted octanol–water partition coefficient (Wildman–Crippen LogP) is 5.06. The molecule has 0 spiro atoms. The van der Waals surface area contributed by atoms with Gasteiger partial charge >= 0.3 is 0 Å². The molecule has 1 radical (unpaired) electrons. The van der Waals surface area contributed by atoms with Crippen molar-refractivity contribution in [3.63, 3.8) is 0 Å². The summed E-state index contributed by atoms with van der Waals surface area (Å²) >= 11 is 0. The maximum absolute atomic E-state index is 3.25. The van der Waals surface area contributed by atoms with Gasteiger partial charge in [-0.25, -0.2) is 0 Å². The second-order valence-electron chi connectivity index (χ2n) is 2.72. The Bertz CT molecular complexity index is 182. The van der Waals surface area contributed by atoms with Crippen LogP contribution in [0.25, 0.3) is 0 Å². The van der Waals surface area contributed by atoms with Crippen molar-refractivity contribution in [3.05, 3.63) is 42.8 Å². The van der Waals surface area contributed by atoms with Gasteiger partial charge in [0.05, 0.1) is 0 Å². The van der Waals surface area contributed by atoms with Gasteiger partial charge in [0.2, 0.25) is 0 Å². The predicted molar refractivity (Wildman–Crippen MR) is 67.5 cm³/mol. The van der Waals surface area contributed by atoms with Crippen molar-refractivity contribution in [2.24, 2.45) is 0 Å². The minimum atomic E-state index is 0. The Kier molecular flexibility index (Phi) is 23.1. The molecule has 0 nitrogen and oxygen atoms in total. The Labute approximate surface area is 122 Å². The second kappa shape index (κ2) is 16.7. The number of rotatable bonds is 2. The van der Waals surface area contributed by atoms with Crippen LogP contribution < -0.4 is 0 Å². The van der Waals surface area contributed by atoms with E-state index in [0.29, 0.717) is 5.92 Å². The van der Waals surface area contributed by atoms with E-state index in [1.54, 1.807) is 6.92 Å². The molecule has 0 N–H and O–H groups in total. The van der Waals surface area contributed by atoms with Crippen molar-refractivity contribution in [2.75, 3.05) is 0 Å². The first kappa shape index (κ1) is 20.7. The fourth-order valence-corrected chi connectivity index (χ4v) is 1.02. The normalized spacial score (nSPS) is 9.47. The van der Waals surface area contributed by atoms with Crippen molar-refractivity contribution >= 4 is 0 Å². The summed E-state index contributed by atoms with van der Waals surface area (Å²) in [4.78, 5) is 0. The molecule has 15 heavy (non-hydrogen) atoms. The summed E-state index contributed by atoms with van der Waals surface area (Å²) in [5, 5.41) is 0. The topological polar surface area (TPSA) is 0 Å². The van der Waals surface area contributed by atoms with Crippen LogP contribution in [-0.4, -0.2) is 0 Å². The van der Waals surface area contributed by atoms with E-state index in [2.05, 4.69) is 51.1 Å². The van der Waals surface area contributed by atoms with Gasteiger partial charge in [-0.3, -0.25) is 0 Å².